The number of hydrogen-bond acceptors (Lipinski definition) is 4. The van der Waals surface area contributed by atoms with Crippen LogP contribution < -0.4 is 5.32 Å². The van der Waals surface area contributed by atoms with Crippen LogP contribution in [0, 0.1) is 0 Å². The van der Waals surface area contributed by atoms with Crippen molar-refractivity contribution < 1.29 is 9.59 Å². The van der Waals surface area contributed by atoms with E-state index in [4.69, 9.17) is 0 Å². The number of nitrogens with zero attached hydrogens (tertiary/aromatic N) is 3. The third-order valence-corrected chi connectivity index (χ3v) is 4.76. The summed E-state index contributed by atoms with van der Waals surface area (Å²) in [6.07, 6.45) is 1.32. The molecule has 3 unspecified atom stereocenters. The van der Waals surface area contributed by atoms with Crippen LogP contribution >= 0.6 is 0 Å². The summed E-state index contributed by atoms with van der Waals surface area (Å²) < 4.78 is 0. The summed E-state index contributed by atoms with van der Waals surface area (Å²) in [5.74, 6) is 0.0707. The molecule has 2 aliphatic heterocycles. The Kier molecular flexibility index (Phi) is 5.22. The Morgan fingerprint density at radius 2 is 1.86 bits per heavy atom. The van der Waals surface area contributed by atoms with Crippen molar-refractivity contribution in [3.05, 3.63) is 0 Å². The lowest BCUT2D eigenvalue weighted by atomic mass is 10.0. The van der Waals surface area contributed by atoms with Gasteiger partial charge in [-0.15, -0.1) is 0 Å². The molecule has 2 fully saturated rings. The van der Waals surface area contributed by atoms with Crippen molar-refractivity contribution in [2.24, 2.45) is 0 Å². The zero-order valence-electron chi connectivity index (χ0n) is 13.6. The fourth-order valence-corrected chi connectivity index (χ4v) is 3.25. The Morgan fingerprint density at radius 3 is 2.48 bits per heavy atom. The molecular formula is C15H28N4O2. The minimum absolute atomic E-state index is 0.00392. The Labute approximate surface area is 127 Å². The van der Waals surface area contributed by atoms with Crippen molar-refractivity contribution >= 4 is 11.8 Å². The van der Waals surface area contributed by atoms with Crippen LogP contribution in [0.15, 0.2) is 0 Å². The van der Waals surface area contributed by atoms with Gasteiger partial charge >= 0.3 is 0 Å². The van der Waals surface area contributed by atoms with Crippen LogP contribution in [-0.4, -0.2) is 84.9 Å². The van der Waals surface area contributed by atoms with E-state index in [2.05, 4.69) is 29.2 Å². The summed E-state index contributed by atoms with van der Waals surface area (Å²) >= 11 is 0. The average molecular weight is 296 g/mol. The van der Waals surface area contributed by atoms with Crippen LogP contribution in [0.5, 0.6) is 0 Å². The maximum absolute atomic E-state index is 12.6. The van der Waals surface area contributed by atoms with E-state index in [1.807, 2.05) is 18.7 Å². The van der Waals surface area contributed by atoms with Gasteiger partial charge in [0.15, 0.2) is 0 Å². The first-order chi connectivity index (χ1) is 9.97. The third-order valence-electron chi connectivity index (χ3n) is 4.76. The van der Waals surface area contributed by atoms with E-state index in [1.54, 1.807) is 0 Å². The molecule has 2 heterocycles. The first kappa shape index (κ1) is 16.2. The average Bonchev–Trinajstić information content (AvgIpc) is 2.46. The van der Waals surface area contributed by atoms with E-state index in [0.29, 0.717) is 25.4 Å². The number of likely N-dealkylation sites (N-methyl/N-ethyl adjacent to an activating group) is 2. The number of carbonyl (C=O) groups excluding carboxylic acids is 2. The van der Waals surface area contributed by atoms with E-state index in [-0.39, 0.29) is 23.9 Å². The second-order valence-corrected chi connectivity index (χ2v) is 6.28. The maximum atomic E-state index is 12.6. The highest BCUT2D eigenvalue weighted by Gasteiger charge is 2.40. The molecule has 0 aromatic heterocycles. The molecule has 3 atom stereocenters. The van der Waals surface area contributed by atoms with Crippen LogP contribution in [0.3, 0.4) is 0 Å². The zero-order chi connectivity index (χ0) is 15.6. The first-order valence-corrected chi connectivity index (χ1v) is 7.97. The van der Waals surface area contributed by atoms with Crippen LogP contribution in [0.2, 0.25) is 0 Å². The molecule has 2 saturated heterocycles. The fraction of sp³-hybridized carbons (Fsp3) is 0.867. The standard InChI is InChI=1S/C15H28N4O2/c1-5-12-15(21)19(13(6-2)14(20)16-12)10-11-9-17(3)7-8-18(11)4/h11-13H,5-10H2,1-4H3,(H,16,20). The number of nitrogens with one attached hydrogen (secondary N) is 1. The van der Waals surface area contributed by atoms with E-state index < -0.39 is 0 Å². The molecule has 0 aromatic rings. The lowest BCUT2D eigenvalue weighted by Gasteiger charge is -2.44. The van der Waals surface area contributed by atoms with Gasteiger partial charge in [0.1, 0.15) is 12.1 Å². The van der Waals surface area contributed by atoms with Gasteiger partial charge in [0.05, 0.1) is 0 Å². The van der Waals surface area contributed by atoms with E-state index in [9.17, 15) is 9.59 Å². The van der Waals surface area contributed by atoms with Gasteiger partial charge in [-0.05, 0) is 26.9 Å². The third kappa shape index (κ3) is 3.37. The molecule has 2 rings (SSSR count). The monoisotopic (exact) mass is 296 g/mol. The van der Waals surface area contributed by atoms with Gasteiger partial charge in [-0.25, -0.2) is 0 Å². The molecule has 0 saturated carbocycles. The predicted molar refractivity (Wildman–Crippen MR) is 81.9 cm³/mol. The highest BCUT2D eigenvalue weighted by Crippen LogP contribution is 2.18. The molecule has 2 amide bonds. The van der Waals surface area contributed by atoms with Gasteiger partial charge in [-0.3, -0.25) is 14.5 Å². The second-order valence-electron chi connectivity index (χ2n) is 6.28. The molecule has 1 N–H and O–H groups in total. The Bertz CT molecular complexity index is 401. The molecule has 6 heteroatoms. The fourth-order valence-electron chi connectivity index (χ4n) is 3.25. The SMILES string of the molecule is CCC1NC(=O)C(CC)N(CC2CN(C)CCN2C)C1=O. The predicted octanol–water partition coefficient (Wildman–Crippen LogP) is -0.252. The number of piperazine rings is 2. The van der Waals surface area contributed by atoms with E-state index in [1.165, 1.54) is 0 Å². The van der Waals surface area contributed by atoms with Crippen LogP contribution in [0.4, 0.5) is 0 Å². The lowest BCUT2D eigenvalue weighted by molar-refractivity contribution is -0.150. The number of rotatable bonds is 4. The summed E-state index contributed by atoms with van der Waals surface area (Å²) in [7, 11) is 4.21. The minimum Gasteiger partial charge on any atom is -0.343 e. The normalized spacial score (nSPS) is 32.4. The number of carbonyl (C=O) groups is 2. The quantitative estimate of drug-likeness (QED) is 0.777. The summed E-state index contributed by atoms with van der Waals surface area (Å²) in [5, 5.41) is 2.85. The molecule has 0 radical (unpaired) electrons. The molecule has 0 aromatic carbocycles. The first-order valence-electron chi connectivity index (χ1n) is 7.97. The van der Waals surface area contributed by atoms with Crippen LogP contribution in [-0.2, 0) is 9.59 Å². The van der Waals surface area contributed by atoms with Gasteiger partial charge in [0.2, 0.25) is 11.8 Å². The van der Waals surface area contributed by atoms with Gasteiger partial charge in [-0.2, -0.15) is 0 Å². The molecule has 0 bridgehead atoms. The van der Waals surface area contributed by atoms with E-state index in [0.717, 1.165) is 19.6 Å². The van der Waals surface area contributed by atoms with Crippen molar-refractivity contribution in [3.63, 3.8) is 0 Å². The number of hydrogen-bond donors (Lipinski definition) is 1. The second kappa shape index (κ2) is 6.75. The smallest absolute Gasteiger partial charge is 0.245 e. The molecule has 120 valence electrons. The van der Waals surface area contributed by atoms with E-state index >= 15 is 0 Å². The summed E-state index contributed by atoms with van der Waals surface area (Å²) in [4.78, 5) is 31.2. The Hall–Kier alpha value is -1.14. The summed E-state index contributed by atoms with van der Waals surface area (Å²) in [6.45, 7) is 7.54. The zero-order valence-corrected chi connectivity index (χ0v) is 13.6. The molecule has 0 spiro atoms. The van der Waals surface area contributed by atoms with Crippen molar-refractivity contribution in [1.29, 1.82) is 0 Å². The van der Waals surface area contributed by atoms with Crippen molar-refractivity contribution in [3.8, 4) is 0 Å². The molecule has 6 nitrogen and oxygen atoms in total. The highest BCUT2D eigenvalue weighted by atomic mass is 16.2. The van der Waals surface area contributed by atoms with Gasteiger partial charge < -0.3 is 15.1 Å². The molecule has 21 heavy (non-hydrogen) atoms. The highest BCUT2D eigenvalue weighted by molar-refractivity contribution is 5.96. The lowest BCUT2D eigenvalue weighted by Crippen LogP contribution is -2.66. The Balaban J connectivity index is 2.13. The summed E-state index contributed by atoms with van der Waals surface area (Å²) in [5.41, 5.74) is 0. The van der Waals surface area contributed by atoms with Gasteiger partial charge in [0.25, 0.3) is 0 Å². The number of amides is 2. The van der Waals surface area contributed by atoms with Crippen molar-refractivity contribution in [2.75, 3.05) is 40.3 Å². The topological polar surface area (TPSA) is 55.9 Å². The summed E-state index contributed by atoms with van der Waals surface area (Å²) in [6, 6.07) is -0.377. The van der Waals surface area contributed by atoms with Gasteiger partial charge in [-0.1, -0.05) is 13.8 Å². The van der Waals surface area contributed by atoms with Crippen molar-refractivity contribution in [2.45, 2.75) is 44.8 Å². The Morgan fingerprint density at radius 1 is 1.14 bits per heavy atom. The minimum atomic E-state index is -0.355. The van der Waals surface area contributed by atoms with Gasteiger partial charge in [0, 0.05) is 32.2 Å². The molecule has 0 aliphatic carbocycles. The van der Waals surface area contributed by atoms with Crippen molar-refractivity contribution in [1.82, 2.24) is 20.0 Å². The van der Waals surface area contributed by atoms with Crippen LogP contribution in [0.1, 0.15) is 26.7 Å². The maximum Gasteiger partial charge on any atom is 0.245 e. The van der Waals surface area contributed by atoms with Crippen LogP contribution in [0.25, 0.3) is 0 Å². The molecular weight excluding hydrogens is 268 g/mol. The molecule has 2 aliphatic rings. The largest absolute Gasteiger partial charge is 0.343 e.